The molecule has 1 atom stereocenters. The summed E-state index contributed by atoms with van der Waals surface area (Å²) in [6, 6.07) is 1.65. The number of rotatable bonds is 6. The normalized spacial score (nSPS) is 12.0. The fourth-order valence-corrected chi connectivity index (χ4v) is 2.54. The Labute approximate surface area is 116 Å². The molecule has 106 valence electrons. The zero-order chi connectivity index (χ0) is 14.6. The van der Waals surface area contributed by atoms with Crippen LogP contribution < -0.4 is 4.74 Å². The summed E-state index contributed by atoms with van der Waals surface area (Å²) in [5.74, 6) is -0.899. The molecule has 1 rings (SSSR count). The van der Waals surface area contributed by atoms with Crippen molar-refractivity contribution >= 4 is 23.2 Å². The summed E-state index contributed by atoms with van der Waals surface area (Å²) in [6.07, 6.45) is -0.688. The number of carbonyl (C=O) groups excluding carboxylic acids is 1. The van der Waals surface area contributed by atoms with Crippen LogP contribution >= 0.6 is 11.3 Å². The van der Waals surface area contributed by atoms with Gasteiger partial charge >= 0.3 is 5.97 Å². The number of aromatic carboxylic acids is 1. The Morgan fingerprint density at radius 3 is 2.47 bits per heavy atom. The van der Waals surface area contributed by atoms with E-state index in [9.17, 15) is 9.59 Å². The second kappa shape index (κ2) is 6.56. The van der Waals surface area contributed by atoms with E-state index in [0.29, 0.717) is 13.1 Å². The molecule has 0 spiro atoms. The van der Waals surface area contributed by atoms with Crippen LogP contribution in [0, 0.1) is 6.92 Å². The van der Waals surface area contributed by atoms with Crippen LogP contribution in [0.3, 0.4) is 0 Å². The first kappa shape index (κ1) is 15.5. The molecule has 0 saturated carbocycles. The number of ether oxygens (including phenoxy) is 1. The summed E-state index contributed by atoms with van der Waals surface area (Å²) >= 11 is 1.15. The highest BCUT2D eigenvalue weighted by atomic mass is 32.1. The van der Waals surface area contributed by atoms with Gasteiger partial charge in [0.1, 0.15) is 5.75 Å². The molecule has 1 N–H and O–H groups in total. The maximum absolute atomic E-state index is 12.1. The molecule has 0 aliphatic carbocycles. The maximum Gasteiger partial charge on any atom is 0.349 e. The van der Waals surface area contributed by atoms with Crippen molar-refractivity contribution in [2.75, 3.05) is 13.1 Å². The molecule has 0 fully saturated rings. The van der Waals surface area contributed by atoms with Crippen molar-refractivity contribution in [3.63, 3.8) is 0 Å². The molecule has 0 aliphatic rings. The zero-order valence-corrected chi connectivity index (χ0v) is 12.4. The minimum atomic E-state index is -1.03. The van der Waals surface area contributed by atoms with Crippen molar-refractivity contribution in [2.45, 2.75) is 33.8 Å². The van der Waals surface area contributed by atoms with Gasteiger partial charge in [-0.1, -0.05) is 0 Å². The summed E-state index contributed by atoms with van der Waals surface area (Å²) in [7, 11) is 0. The minimum Gasteiger partial charge on any atom is -0.479 e. The number of aryl methyl sites for hydroxylation is 1. The second-order valence-corrected chi connectivity index (χ2v) is 5.38. The smallest absolute Gasteiger partial charge is 0.349 e. The number of carboxylic acid groups (broad SMARTS) is 1. The highest BCUT2D eigenvalue weighted by molar-refractivity contribution is 7.14. The van der Waals surface area contributed by atoms with Crippen LogP contribution in [0.2, 0.25) is 0 Å². The topological polar surface area (TPSA) is 66.8 Å². The van der Waals surface area contributed by atoms with Crippen molar-refractivity contribution in [1.82, 2.24) is 4.90 Å². The third-order valence-electron chi connectivity index (χ3n) is 2.74. The van der Waals surface area contributed by atoms with Crippen LogP contribution in [0.1, 0.15) is 35.3 Å². The third kappa shape index (κ3) is 3.70. The number of hydrogen-bond donors (Lipinski definition) is 1. The van der Waals surface area contributed by atoms with Gasteiger partial charge in [-0.05, 0) is 33.8 Å². The van der Waals surface area contributed by atoms with Crippen LogP contribution in [-0.4, -0.2) is 41.1 Å². The van der Waals surface area contributed by atoms with E-state index in [0.717, 1.165) is 16.2 Å². The molecule has 0 radical (unpaired) electrons. The van der Waals surface area contributed by atoms with E-state index in [1.165, 1.54) is 0 Å². The molecule has 0 aromatic carbocycles. The van der Waals surface area contributed by atoms with E-state index in [1.807, 2.05) is 13.8 Å². The molecule has 0 bridgehead atoms. The van der Waals surface area contributed by atoms with Crippen LogP contribution in [-0.2, 0) is 4.79 Å². The first-order valence-corrected chi connectivity index (χ1v) is 7.01. The molecule has 19 heavy (non-hydrogen) atoms. The Morgan fingerprint density at radius 2 is 2.00 bits per heavy atom. The molecule has 0 saturated heterocycles. The quantitative estimate of drug-likeness (QED) is 0.871. The lowest BCUT2D eigenvalue weighted by Crippen LogP contribution is -2.40. The number of amides is 1. The van der Waals surface area contributed by atoms with Crippen molar-refractivity contribution in [1.29, 1.82) is 0 Å². The Morgan fingerprint density at radius 1 is 1.42 bits per heavy atom. The largest absolute Gasteiger partial charge is 0.479 e. The standard InChI is InChI=1S/C13H19NO4S/c1-5-14(6-2)12(15)9(4)18-10-7-8(3)19-11(10)13(16)17/h7,9H,5-6H2,1-4H3,(H,16,17). The minimum absolute atomic E-state index is 0.134. The zero-order valence-electron chi connectivity index (χ0n) is 11.6. The van der Waals surface area contributed by atoms with Gasteiger partial charge in [0, 0.05) is 18.0 Å². The van der Waals surface area contributed by atoms with Crippen molar-refractivity contribution in [3.05, 3.63) is 15.8 Å². The summed E-state index contributed by atoms with van der Waals surface area (Å²) in [5, 5.41) is 9.07. The van der Waals surface area contributed by atoms with Gasteiger partial charge in [-0.2, -0.15) is 0 Å². The highest BCUT2D eigenvalue weighted by Gasteiger charge is 2.23. The number of thiophene rings is 1. The van der Waals surface area contributed by atoms with Gasteiger partial charge in [-0.25, -0.2) is 4.79 Å². The molecule has 1 aromatic rings. The van der Waals surface area contributed by atoms with E-state index >= 15 is 0 Å². The molecule has 1 aromatic heterocycles. The molecule has 1 heterocycles. The van der Waals surface area contributed by atoms with Gasteiger partial charge in [-0.3, -0.25) is 4.79 Å². The number of carboxylic acids is 1. The first-order chi connectivity index (χ1) is 8.90. The number of hydrogen-bond acceptors (Lipinski definition) is 4. The predicted molar refractivity (Wildman–Crippen MR) is 74.0 cm³/mol. The molecule has 5 nitrogen and oxygen atoms in total. The second-order valence-electron chi connectivity index (χ2n) is 4.13. The van der Waals surface area contributed by atoms with Gasteiger partial charge < -0.3 is 14.7 Å². The van der Waals surface area contributed by atoms with Crippen molar-refractivity contribution in [3.8, 4) is 5.75 Å². The Bertz CT molecular complexity index is 465. The number of carbonyl (C=O) groups is 2. The lowest BCUT2D eigenvalue weighted by Gasteiger charge is -2.23. The van der Waals surface area contributed by atoms with Gasteiger partial charge in [0.15, 0.2) is 11.0 Å². The average molecular weight is 285 g/mol. The summed E-state index contributed by atoms with van der Waals surface area (Å²) < 4.78 is 5.51. The maximum atomic E-state index is 12.1. The molecule has 0 aliphatic heterocycles. The van der Waals surface area contributed by atoms with Crippen molar-refractivity contribution in [2.24, 2.45) is 0 Å². The van der Waals surface area contributed by atoms with Gasteiger partial charge in [0.25, 0.3) is 5.91 Å². The molecular weight excluding hydrogens is 266 g/mol. The van der Waals surface area contributed by atoms with Crippen LogP contribution in [0.5, 0.6) is 5.75 Å². The fourth-order valence-electron chi connectivity index (χ4n) is 1.76. The van der Waals surface area contributed by atoms with E-state index in [4.69, 9.17) is 9.84 Å². The average Bonchev–Trinajstić information content (AvgIpc) is 2.71. The predicted octanol–water partition coefficient (Wildman–Crippen LogP) is 2.39. The first-order valence-electron chi connectivity index (χ1n) is 6.19. The molecule has 1 unspecified atom stereocenters. The summed E-state index contributed by atoms with van der Waals surface area (Å²) in [6.45, 7) is 8.45. The Hall–Kier alpha value is -1.56. The number of likely N-dealkylation sites (N-methyl/N-ethyl adjacent to an activating group) is 1. The van der Waals surface area contributed by atoms with Crippen molar-refractivity contribution < 1.29 is 19.4 Å². The van der Waals surface area contributed by atoms with Gasteiger partial charge in [-0.15, -0.1) is 11.3 Å². The molecule has 6 heteroatoms. The van der Waals surface area contributed by atoms with Gasteiger partial charge in [0.2, 0.25) is 0 Å². The Kier molecular flexibility index (Phi) is 5.35. The third-order valence-corrected chi connectivity index (χ3v) is 3.76. The van der Waals surface area contributed by atoms with E-state index in [1.54, 1.807) is 24.8 Å². The van der Waals surface area contributed by atoms with Crippen LogP contribution in [0.25, 0.3) is 0 Å². The fraction of sp³-hybridized carbons (Fsp3) is 0.538. The lowest BCUT2D eigenvalue weighted by atomic mass is 10.3. The SMILES string of the molecule is CCN(CC)C(=O)C(C)Oc1cc(C)sc1C(=O)O. The summed E-state index contributed by atoms with van der Waals surface area (Å²) in [5.41, 5.74) is 0. The highest BCUT2D eigenvalue weighted by Crippen LogP contribution is 2.29. The molecular formula is C13H19NO4S. The Balaban J connectivity index is 2.84. The van der Waals surface area contributed by atoms with Gasteiger partial charge in [0.05, 0.1) is 0 Å². The lowest BCUT2D eigenvalue weighted by molar-refractivity contribution is -0.137. The van der Waals surface area contributed by atoms with E-state index in [2.05, 4.69) is 0 Å². The van der Waals surface area contributed by atoms with E-state index < -0.39 is 12.1 Å². The summed E-state index contributed by atoms with van der Waals surface area (Å²) in [4.78, 5) is 25.8. The van der Waals surface area contributed by atoms with E-state index in [-0.39, 0.29) is 16.5 Å². The van der Waals surface area contributed by atoms with Crippen LogP contribution in [0.4, 0.5) is 0 Å². The van der Waals surface area contributed by atoms with Crippen LogP contribution in [0.15, 0.2) is 6.07 Å². The monoisotopic (exact) mass is 285 g/mol. The number of nitrogens with zero attached hydrogens (tertiary/aromatic N) is 1. The molecule has 1 amide bonds.